The molecule has 0 aliphatic carbocycles. The number of ether oxygens (including phenoxy) is 2. The van der Waals surface area contributed by atoms with Gasteiger partial charge in [-0.3, -0.25) is 4.79 Å². The number of methoxy groups -OCH3 is 1. The van der Waals surface area contributed by atoms with Crippen molar-refractivity contribution in [3.63, 3.8) is 0 Å². The predicted molar refractivity (Wildman–Crippen MR) is 124 cm³/mol. The molecule has 6 nitrogen and oxygen atoms in total. The van der Waals surface area contributed by atoms with E-state index in [0.29, 0.717) is 26.9 Å². The smallest absolute Gasteiger partial charge is 0.341 e. The number of hydrogen-bond acceptors (Lipinski definition) is 6. The Bertz CT molecular complexity index is 1100. The molecule has 3 rings (SSSR count). The van der Waals surface area contributed by atoms with Crippen LogP contribution in [0.25, 0.3) is 0 Å². The van der Waals surface area contributed by atoms with E-state index in [1.54, 1.807) is 48.5 Å². The fourth-order valence-corrected chi connectivity index (χ4v) is 3.32. The highest BCUT2D eigenvalue weighted by atomic mass is 35.5. The minimum absolute atomic E-state index is 0.0951. The Morgan fingerprint density at radius 2 is 1.62 bits per heavy atom. The lowest BCUT2D eigenvalue weighted by Gasteiger charge is -2.17. The fraction of sp³-hybridized carbons (Fsp3) is 0.167. The molecule has 32 heavy (non-hydrogen) atoms. The topological polar surface area (TPSA) is 84.9 Å². The molecule has 2 N–H and O–H groups in total. The average molecular weight is 474 g/mol. The van der Waals surface area contributed by atoms with E-state index in [1.807, 2.05) is 6.07 Å². The summed E-state index contributed by atoms with van der Waals surface area (Å²) in [6.07, 6.45) is -0.938. The molecule has 0 aliphatic heterocycles. The van der Waals surface area contributed by atoms with Crippen LogP contribution < -0.4 is 10.1 Å². The normalized spacial score (nSPS) is 11.5. The van der Waals surface area contributed by atoms with Gasteiger partial charge in [0.15, 0.2) is 5.78 Å². The summed E-state index contributed by atoms with van der Waals surface area (Å²) in [5, 5.41) is 14.2. The number of aliphatic hydroxyl groups excluding tert-OH is 1. The van der Waals surface area contributed by atoms with Gasteiger partial charge < -0.3 is 19.9 Å². The van der Waals surface area contributed by atoms with Crippen molar-refractivity contribution >= 4 is 40.6 Å². The van der Waals surface area contributed by atoms with Gasteiger partial charge in [0, 0.05) is 33.4 Å². The SMILES string of the molecule is COC(=O)c1cc(Cl)ccc1OC[C@@H](O)CNc1ccc(Cl)cc1C(=O)c1ccccc1. The summed E-state index contributed by atoms with van der Waals surface area (Å²) in [5.74, 6) is -0.544. The van der Waals surface area contributed by atoms with Gasteiger partial charge in [0.2, 0.25) is 0 Å². The molecule has 0 heterocycles. The number of ketones is 1. The Hall–Kier alpha value is -3.06. The van der Waals surface area contributed by atoms with Crippen LogP contribution in [0.1, 0.15) is 26.3 Å². The maximum atomic E-state index is 12.9. The lowest BCUT2D eigenvalue weighted by Crippen LogP contribution is -2.27. The lowest BCUT2D eigenvalue weighted by atomic mass is 10.0. The first-order valence-electron chi connectivity index (χ1n) is 9.71. The van der Waals surface area contributed by atoms with Crippen molar-refractivity contribution in [1.82, 2.24) is 0 Å². The summed E-state index contributed by atoms with van der Waals surface area (Å²) in [6.45, 7) is -0.00791. The Labute approximate surface area is 195 Å². The number of anilines is 1. The highest BCUT2D eigenvalue weighted by molar-refractivity contribution is 6.31. The molecular formula is C24H21Cl2NO5. The first kappa shape index (κ1) is 23.6. The van der Waals surface area contributed by atoms with E-state index in [4.69, 9.17) is 32.7 Å². The van der Waals surface area contributed by atoms with Crippen molar-refractivity contribution < 1.29 is 24.2 Å². The van der Waals surface area contributed by atoms with E-state index >= 15 is 0 Å². The zero-order chi connectivity index (χ0) is 23.1. The van der Waals surface area contributed by atoms with E-state index < -0.39 is 12.1 Å². The number of rotatable bonds is 9. The average Bonchev–Trinajstić information content (AvgIpc) is 2.81. The standard InChI is InChI=1S/C24H21Cl2NO5/c1-31-24(30)20-12-17(26)8-10-22(20)32-14-18(28)13-27-21-9-7-16(25)11-19(21)23(29)15-5-3-2-4-6-15/h2-12,18,27-28H,13-14H2,1H3/t18-/m0/s1. The molecule has 0 saturated carbocycles. The molecular weight excluding hydrogens is 453 g/mol. The van der Waals surface area contributed by atoms with Gasteiger partial charge in [-0.1, -0.05) is 53.5 Å². The largest absolute Gasteiger partial charge is 0.490 e. The summed E-state index contributed by atoms with van der Waals surface area (Å²) >= 11 is 12.0. The lowest BCUT2D eigenvalue weighted by molar-refractivity contribution is 0.0590. The highest BCUT2D eigenvalue weighted by Gasteiger charge is 2.17. The molecule has 0 bridgehead atoms. The number of carbonyl (C=O) groups excluding carboxylic acids is 2. The van der Waals surface area contributed by atoms with Crippen molar-refractivity contribution in [2.75, 3.05) is 25.6 Å². The summed E-state index contributed by atoms with van der Waals surface area (Å²) in [6, 6.07) is 18.3. The van der Waals surface area contributed by atoms with Crippen molar-refractivity contribution in [3.05, 3.63) is 93.5 Å². The van der Waals surface area contributed by atoms with Gasteiger partial charge in [-0.15, -0.1) is 0 Å². The molecule has 0 spiro atoms. The van der Waals surface area contributed by atoms with Gasteiger partial charge in [-0.2, -0.15) is 0 Å². The third-order valence-electron chi connectivity index (χ3n) is 4.57. The van der Waals surface area contributed by atoms with E-state index in [9.17, 15) is 14.7 Å². The zero-order valence-corrected chi connectivity index (χ0v) is 18.7. The number of esters is 1. The molecule has 0 unspecified atom stereocenters. The molecule has 166 valence electrons. The number of aliphatic hydroxyl groups is 1. The van der Waals surface area contributed by atoms with Crippen LogP contribution in [0, 0.1) is 0 Å². The number of nitrogens with one attached hydrogen (secondary N) is 1. The van der Waals surface area contributed by atoms with E-state index in [-0.39, 0.29) is 30.2 Å². The van der Waals surface area contributed by atoms with Gasteiger partial charge in [0.05, 0.1) is 7.11 Å². The summed E-state index contributed by atoms with van der Waals surface area (Å²) in [5.41, 5.74) is 1.61. The van der Waals surface area contributed by atoms with Crippen molar-refractivity contribution in [2.45, 2.75) is 6.10 Å². The van der Waals surface area contributed by atoms with E-state index in [2.05, 4.69) is 5.32 Å². The maximum Gasteiger partial charge on any atom is 0.341 e. The molecule has 0 aliphatic rings. The minimum atomic E-state index is -0.938. The molecule has 0 aromatic heterocycles. The highest BCUT2D eigenvalue weighted by Crippen LogP contribution is 2.25. The minimum Gasteiger partial charge on any atom is -0.490 e. The van der Waals surface area contributed by atoms with Gasteiger partial charge in [-0.25, -0.2) is 4.79 Å². The fourth-order valence-electron chi connectivity index (χ4n) is 2.97. The molecule has 3 aromatic carbocycles. The van der Waals surface area contributed by atoms with Gasteiger partial charge in [0.25, 0.3) is 0 Å². The van der Waals surface area contributed by atoms with E-state index in [1.165, 1.54) is 19.2 Å². The van der Waals surface area contributed by atoms with Crippen LogP contribution in [0.5, 0.6) is 5.75 Å². The number of benzene rings is 3. The Kier molecular flexibility index (Phi) is 8.11. The summed E-state index contributed by atoms with van der Waals surface area (Å²) in [7, 11) is 1.26. The van der Waals surface area contributed by atoms with Crippen LogP contribution in [-0.4, -0.2) is 43.2 Å². The van der Waals surface area contributed by atoms with E-state index in [0.717, 1.165) is 0 Å². The second-order valence-corrected chi connectivity index (χ2v) is 7.74. The van der Waals surface area contributed by atoms with Crippen LogP contribution >= 0.6 is 23.2 Å². The van der Waals surface area contributed by atoms with Gasteiger partial charge in [-0.05, 0) is 36.4 Å². The summed E-state index contributed by atoms with van der Waals surface area (Å²) < 4.78 is 10.3. The van der Waals surface area contributed by atoms with Gasteiger partial charge >= 0.3 is 5.97 Å². The molecule has 0 amide bonds. The van der Waals surface area contributed by atoms with Crippen molar-refractivity contribution in [3.8, 4) is 5.75 Å². The number of hydrogen-bond donors (Lipinski definition) is 2. The number of halogens is 2. The Morgan fingerprint density at radius 3 is 2.31 bits per heavy atom. The zero-order valence-electron chi connectivity index (χ0n) is 17.2. The molecule has 0 fully saturated rings. The van der Waals surface area contributed by atoms with Crippen LogP contribution in [0.3, 0.4) is 0 Å². The monoisotopic (exact) mass is 473 g/mol. The molecule has 0 radical (unpaired) electrons. The second-order valence-electron chi connectivity index (χ2n) is 6.86. The van der Waals surface area contributed by atoms with Crippen LogP contribution in [0.4, 0.5) is 5.69 Å². The third-order valence-corrected chi connectivity index (χ3v) is 5.04. The van der Waals surface area contributed by atoms with Crippen molar-refractivity contribution in [2.24, 2.45) is 0 Å². The molecule has 0 saturated heterocycles. The number of carbonyl (C=O) groups is 2. The summed E-state index contributed by atoms with van der Waals surface area (Å²) in [4.78, 5) is 24.8. The van der Waals surface area contributed by atoms with Crippen LogP contribution in [0.2, 0.25) is 10.0 Å². The first-order valence-corrected chi connectivity index (χ1v) is 10.5. The van der Waals surface area contributed by atoms with Gasteiger partial charge in [0.1, 0.15) is 24.0 Å². The van der Waals surface area contributed by atoms with Crippen LogP contribution in [-0.2, 0) is 4.74 Å². The quantitative estimate of drug-likeness (QED) is 0.340. The van der Waals surface area contributed by atoms with Crippen molar-refractivity contribution in [1.29, 1.82) is 0 Å². The maximum absolute atomic E-state index is 12.9. The Balaban J connectivity index is 1.67. The molecule has 3 aromatic rings. The second kappa shape index (κ2) is 11.0. The Morgan fingerprint density at radius 1 is 0.969 bits per heavy atom. The molecule has 1 atom stereocenters. The first-order chi connectivity index (χ1) is 15.4. The third kappa shape index (κ3) is 6.01. The van der Waals surface area contributed by atoms with Crippen LogP contribution in [0.15, 0.2) is 66.7 Å². The predicted octanol–water partition coefficient (Wildman–Crippen LogP) is 4.86. The molecule has 8 heteroatoms.